The summed E-state index contributed by atoms with van der Waals surface area (Å²) in [4.78, 5) is 4.06. The number of nitrogens with zero attached hydrogens (tertiary/aromatic N) is 2. The summed E-state index contributed by atoms with van der Waals surface area (Å²) in [6.07, 6.45) is 4.75. The lowest BCUT2D eigenvalue weighted by Crippen LogP contribution is -2.18. The van der Waals surface area contributed by atoms with Gasteiger partial charge in [0.05, 0.1) is 9.71 Å². The van der Waals surface area contributed by atoms with Crippen LogP contribution >= 0.6 is 0 Å². The van der Waals surface area contributed by atoms with Crippen molar-refractivity contribution >= 4 is 15.1 Å². The van der Waals surface area contributed by atoms with Crippen LogP contribution in [0.5, 0.6) is 0 Å². The van der Waals surface area contributed by atoms with Crippen LogP contribution in [0, 0.1) is 18.4 Å². The number of nitriles is 1. The number of aromatic nitrogens is 1. The quantitative estimate of drug-likeness (QED) is 0.436. The average molecular weight is 209 g/mol. The highest BCUT2D eigenvalue weighted by molar-refractivity contribution is 7.99. The molecule has 0 saturated heterocycles. The number of hydrogen-bond acceptors (Lipinski definition) is 3. The number of rotatable bonds is 2. The van der Waals surface area contributed by atoms with Crippen LogP contribution in [-0.2, 0) is 9.71 Å². The van der Waals surface area contributed by atoms with Crippen molar-refractivity contribution in [3.63, 3.8) is 0 Å². The van der Waals surface area contributed by atoms with Crippen molar-refractivity contribution in [2.24, 2.45) is 0 Å². The molecule has 1 unspecified atom stereocenters. The molecular formula is C9H11N3OS. The first-order valence-corrected chi connectivity index (χ1v) is 5.99. The van der Waals surface area contributed by atoms with Gasteiger partial charge in [0, 0.05) is 29.1 Å². The monoisotopic (exact) mass is 209 g/mol. The van der Waals surface area contributed by atoms with Gasteiger partial charge in [-0.15, -0.1) is 0 Å². The smallest absolute Gasteiger partial charge is 0.188 e. The molecule has 1 aromatic heterocycles. The lowest BCUT2D eigenvalue weighted by atomic mass is 10.3. The van der Waals surface area contributed by atoms with E-state index in [2.05, 4.69) is 9.71 Å². The summed E-state index contributed by atoms with van der Waals surface area (Å²) in [5, 5.41) is 9.85. The lowest BCUT2D eigenvalue weighted by molar-refractivity contribution is 0.682. The zero-order chi connectivity index (χ0) is 10.6. The van der Waals surface area contributed by atoms with Crippen LogP contribution < -0.4 is 4.72 Å². The third kappa shape index (κ3) is 3.07. The first-order valence-electron chi connectivity index (χ1n) is 3.96. The summed E-state index contributed by atoms with van der Waals surface area (Å²) in [6.45, 7) is 1.88. The van der Waals surface area contributed by atoms with Gasteiger partial charge >= 0.3 is 0 Å². The molecule has 1 rings (SSSR count). The average Bonchev–Trinajstić information content (AvgIpc) is 2.08. The molecule has 0 fully saturated rings. The fraction of sp³-hybridized carbons (Fsp3) is 0.222. The molecular weight excluding hydrogens is 198 g/mol. The van der Waals surface area contributed by atoms with Crippen LogP contribution in [0.3, 0.4) is 0 Å². The lowest BCUT2D eigenvalue weighted by Gasteiger charge is -2.00. The van der Waals surface area contributed by atoms with Crippen molar-refractivity contribution in [1.82, 2.24) is 9.71 Å². The van der Waals surface area contributed by atoms with Gasteiger partial charge < -0.3 is 0 Å². The van der Waals surface area contributed by atoms with Gasteiger partial charge in [-0.1, -0.05) is 6.07 Å². The van der Waals surface area contributed by atoms with Gasteiger partial charge in [-0.3, -0.25) is 4.98 Å². The molecule has 1 aromatic rings. The maximum absolute atomic E-state index is 11.6. The van der Waals surface area contributed by atoms with Crippen molar-refractivity contribution in [3.8, 4) is 6.19 Å². The molecule has 1 N–H and O–H groups in total. The van der Waals surface area contributed by atoms with Gasteiger partial charge in [0.1, 0.15) is 0 Å². The predicted octanol–water partition coefficient (Wildman–Crippen LogP) is 0.440. The normalized spacial score (nSPS) is 13.8. The largest absolute Gasteiger partial charge is 0.261 e. The second-order valence-corrected chi connectivity index (χ2v) is 5.22. The Balaban J connectivity index is 3.04. The molecule has 0 aromatic carbocycles. The van der Waals surface area contributed by atoms with Crippen molar-refractivity contribution < 1.29 is 4.21 Å². The Morgan fingerprint density at radius 1 is 1.64 bits per heavy atom. The molecule has 0 aliphatic carbocycles. The summed E-state index contributed by atoms with van der Waals surface area (Å²) >= 11 is 0. The minimum absolute atomic E-state index is 0.742. The van der Waals surface area contributed by atoms with Crippen LogP contribution in [0.4, 0.5) is 0 Å². The Bertz CT molecular complexity index is 464. The maximum Gasteiger partial charge on any atom is 0.188 e. The van der Waals surface area contributed by atoms with Crippen LogP contribution in [0.1, 0.15) is 11.3 Å². The van der Waals surface area contributed by atoms with Gasteiger partial charge in [-0.05, 0) is 13.0 Å². The van der Waals surface area contributed by atoms with E-state index in [0.29, 0.717) is 0 Å². The Hall–Kier alpha value is -1.54. The number of pyridine rings is 1. The second-order valence-electron chi connectivity index (χ2n) is 2.97. The number of hydrogen-bond donors (Lipinski definition) is 1. The molecule has 1 heterocycles. The van der Waals surface area contributed by atoms with E-state index in [4.69, 9.17) is 5.26 Å². The third-order valence-electron chi connectivity index (χ3n) is 1.54. The van der Waals surface area contributed by atoms with Crippen LogP contribution in [-0.4, -0.2) is 20.8 Å². The van der Waals surface area contributed by atoms with E-state index < -0.39 is 9.71 Å². The van der Waals surface area contributed by atoms with E-state index in [-0.39, 0.29) is 0 Å². The van der Waals surface area contributed by atoms with Gasteiger partial charge in [0.2, 0.25) is 0 Å². The highest BCUT2D eigenvalue weighted by atomic mass is 32.2. The van der Waals surface area contributed by atoms with Crippen LogP contribution in [0.25, 0.3) is 0 Å². The van der Waals surface area contributed by atoms with Crippen LogP contribution in [0.2, 0.25) is 0 Å². The fourth-order valence-corrected chi connectivity index (χ4v) is 1.83. The first-order chi connectivity index (χ1) is 6.53. The zero-order valence-corrected chi connectivity index (χ0v) is 8.84. The highest BCUT2D eigenvalue weighted by Gasteiger charge is 1.97. The van der Waals surface area contributed by atoms with E-state index in [1.54, 1.807) is 12.4 Å². The molecule has 1 atom stereocenters. The third-order valence-corrected chi connectivity index (χ3v) is 2.76. The minimum atomic E-state index is -2.42. The summed E-state index contributed by atoms with van der Waals surface area (Å²) < 4.78 is 13.9. The summed E-state index contributed by atoms with van der Waals surface area (Å²) in [5.74, 6) is 0. The Kier molecular flexibility index (Phi) is 3.10. The highest BCUT2D eigenvalue weighted by Crippen LogP contribution is 1.96. The second kappa shape index (κ2) is 4.11. The fourth-order valence-electron chi connectivity index (χ4n) is 0.929. The van der Waals surface area contributed by atoms with Gasteiger partial charge in [-0.25, -0.2) is 8.93 Å². The molecule has 74 valence electrons. The van der Waals surface area contributed by atoms with Crippen molar-refractivity contribution in [2.45, 2.75) is 6.92 Å². The Labute approximate surface area is 83.7 Å². The Morgan fingerprint density at radius 3 is 2.86 bits per heavy atom. The summed E-state index contributed by atoms with van der Waals surface area (Å²) in [5.41, 5.74) is 1.64. The molecule has 0 aliphatic heterocycles. The molecule has 0 spiro atoms. The summed E-state index contributed by atoms with van der Waals surface area (Å²) in [6, 6.07) is 3.64. The first kappa shape index (κ1) is 10.5. The van der Waals surface area contributed by atoms with E-state index in [1.165, 1.54) is 11.6 Å². The van der Waals surface area contributed by atoms with E-state index in [9.17, 15) is 4.21 Å². The number of nitrogens with one attached hydrogen (secondary N) is 1. The maximum atomic E-state index is 11.6. The van der Waals surface area contributed by atoms with Gasteiger partial charge in [-0.2, -0.15) is 5.26 Å². The molecule has 0 bridgehead atoms. The molecule has 0 radical (unpaired) electrons. The standard InChI is InChI=1S/C9H11N3OS/c1-8-3-4-9(5-11-8)6-14(2,13)12-7-10/h3-6H,1-2H3,(H,12,13). The van der Waals surface area contributed by atoms with Gasteiger partial charge in [0.25, 0.3) is 0 Å². The van der Waals surface area contributed by atoms with Crippen molar-refractivity contribution in [3.05, 3.63) is 29.6 Å². The van der Waals surface area contributed by atoms with Gasteiger partial charge in [0.15, 0.2) is 6.19 Å². The molecule has 5 heteroatoms. The van der Waals surface area contributed by atoms with E-state index in [0.717, 1.165) is 11.3 Å². The molecule has 4 nitrogen and oxygen atoms in total. The Morgan fingerprint density at radius 2 is 2.36 bits per heavy atom. The van der Waals surface area contributed by atoms with E-state index >= 15 is 0 Å². The van der Waals surface area contributed by atoms with Crippen LogP contribution in [0.15, 0.2) is 18.3 Å². The van der Waals surface area contributed by atoms with Crippen molar-refractivity contribution in [1.29, 1.82) is 5.26 Å². The topological polar surface area (TPSA) is 65.8 Å². The number of aryl methyl sites for hydroxylation is 1. The summed E-state index contributed by atoms with van der Waals surface area (Å²) in [7, 11) is -2.42. The molecule has 0 aliphatic rings. The molecule has 0 amide bonds. The predicted molar refractivity (Wildman–Crippen MR) is 57.0 cm³/mol. The SMILES string of the molecule is Cc1ccc(C=S(C)(=O)NC#N)cn1. The zero-order valence-electron chi connectivity index (χ0n) is 8.02. The van der Waals surface area contributed by atoms with E-state index in [1.807, 2.05) is 19.1 Å². The molecule has 0 saturated carbocycles. The molecule has 14 heavy (non-hydrogen) atoms. The van der Waals surface area contributed by atoms with Crippen molar-refractivity contribution in [2.75, 3.05) is 6.26 Å². The minimum Gasteiger partial charge on any atom is -0.261 e.